The summed E-state index contributed by atoms with van der Waals surface area (Å²) >= 11 is 0. The summed E-state index contributed by atoms with van der Waals surface area (Å²) in [7, 11) is -8.59. The number of nitrogens with zero attached hydrogens (tertiary/aromatic N) is 1. The molecule has 11 nitrogen and oxygen atoms in total. The van der Waals surface area contributed by atoms with Crippen LogP contribution >= 0.6 is 0 Å². The Hall–Kier alpha value is -3.69. The maximum Gasteiger partial charge on any atom is 0.265 e. The molecule has 2 aliphatic heterocycles. The molecule has 0 amide bonds. The van der Waals surface area contributed by atoms with Crippen molar-refractivity contribution in [3.05, 3.63) is 83.4 Å². The van der Waals surface area contributed by atoms with E-state index in [1.165, 1.54) is 0 Å². The Morgan fingerprint density at radius 2 is 1.55 bits per heavy atom. The minimum Gasteiger partial charge on any atom is -0.508 e. The third-order valence-corrected chi connectivity index (χ3v) is 8.84. The first kappa shape index (κ1) is 33.2. The zero-order chi connectivity index (χ0) is 32.1. The van der Waals surface area contributed by atoms with Crippen LogP contribution in [0, 0.1) is 5.92 Å². The smallest absolute Gasteiger partial charge is 0.265 e. The molecule has 2 heterocycles. The summed E-state index contributed by atoms with van der Waals surface area (Å²) in [6.45, 7) is 4.72. The number of benzene rings is 3. The van der Waals surface area contributed by atoms with Crippen LogP contribution in [0.15, 0.2) is 66.7 Å². The summed E-state index contributed by atoms with van der Waals surface area (Å²) in [5, 5.41) is 20.1. The molecule has 5 rings (SSSR count). The third-order valence-electron chi connectivity index (χ3n) is 7.14. The average molecular weight is 652 g/mol. The number of ether oxygens (including phenoxy) is 2. The van der Waals surface area contributed by atoms with Crippen molar-refractivity contribution in [1.82, 2.24) is 4.90 Å². The molecule has 2 aliphatic rings. The molecule has 0 aromatic heterocycles. The first-order valence-corrected chi connectivity index (χ1v) is 16.9. The van der Waals surface area contributed by atoms with E-state index in [9.17, 15) is 31.4 Å². The number of aromatic hydroxyl groups is 2. The molecular formula is C30H34FNO10S2. The van der Waals surface area contributed by atoms with Gasteiger partial charge in [-0.2, -0.15) is 16.8 Å². The number of hydrogen-bond donors (Lipinski definition) is 4. The van der Waals surface area contributed by atoms with Gasteiger partial charge in [-0.25, -0.2) is 0 Å². The van der Waals surface area contributed by atoms with Crippen molar-refractivity contribution in [3.8, 4) is 23.0 Å². The van der Waals surface area contributed by atoms with Gasteiger partial charge in [-0.3, -0.25) is 18.4 Å². The number of likely N-dealkylation sites (tertiary alicyclic amines) is 1. The molecule has 3 aromatic carbocycles. The molecule has 238 valence electrons. The van der Waals surface area contributed by atoms with Gasteiger partial charge in [-0.1, -0.05) is 24.3 Å². The van der Waals surface area contributed by atoms with E-state index in [2.05, 4.69) is 4.90 Å². The Kier molecular flexibility index (Phi) is 10.5. The van der Waals surface area contributed by atoms with Gasteiger partial charge < -0.3 is 19.7 Å². The molecular weight excluding hydrogens is 617 g/mol. The molecule has 0 unspecified atom stereocenters. The first-order chi connectivity index (χ1) is 20.7. The summed E-state index contributed by atoms with van der Waals surface area (Å²) in [6, 6.07) is 20.1. The van der Waals surface area contributed by atoms with Crippen molar-refractivity contribution < 1.29 is 50.0 Å². The summed E-state index contributed by atoms with van der Waals surface area (Å²) in [6.07, 6.45) is -0.383. The molecule has 0 spiro atoms. The maximum atomic E-state index is 12.6. The predicted molar refractivity (Wildman–Crippen MR) is 163 cm³/mol. The Morgan fingerprint density at radius 1 is 0.909 bits per heavy atom. The highest BCUT2D eigenvalue weighted by Crippen LogP contribution is 2.47. The molecule has 1 saturated heterocycles. The number of rotatable bonds is 10. The highest BCUT2D eigenvalue weighted by atomic mass is 32.2. The lowest BCUT2D eigenvalue weighted by Gasteiger charge is -2.37. The topological polar surface area (TPSA) is 171 Å². The lowest BCUT2D eigenvalue weighted by atomic mass is 9.86. The van der Waals surface area contributed by atoms with E-state index >= 15 is 0 Å². The van der Waals surface area contributed by atoms with Crippen LogP contribution in [0.2, 0.25) is 0 Å². The van der Waals surface area contributed by atoms with Crippen molar-refractivity contribution in [2.24, 2.45) is 5.92 Å². The normalized spacial score (nSPS) is 17.1. The number of fused-ring (bicyclic) bond motifs is 1. The Morgan fingerprint density at radius 3 is 2.14 bits per heavy atom. The zero-order valence-corrected chi connectivity index (χ0v) is 25.5. The standard InChI is InChI=1S/C28H28FNO4.C2H6O6S2/c1-18-25-14-23(32)7-10-26(25)34-28(27(18)21-3-2-4-22(31)13-21)20-5-8-24(9-6-20)33-12-11-30-16-19(15-29)17-30;3-9(4,5)1-2-10(6,7)8/h2-10,13-14,19,28,31-32H,11-12,15-17H2,1H3;1-2H2,(H,3,4,5)(H,6,7,8)/t28-;/m0./s1. The van der Waals surface area contributed by atoms with Crippen LogP contribution in [0.4, 0.5) is 4.39 Å². The summed E-state index contributed by atoms with van der Waals surface area (Å²) in [4.78, 5) is 2.19. The summed E-state index contributed by atoms with van der Waals surface area (Å²) < 4.78 is 80.3. The number of allylic oxidation sites excluding steroid dienone is 1. The molecule has 0 aliphatic carbocycles. The molecule has 1 fully saturated rings. The number of hydrogen-bond acceptors (Lipinski definition) is 9. The van der Waals surface area contributed by atoms with Crippen molar-refractivity contribution in [1.29, 1.82) is 0 Å². The fourth-order valence-corrected chi connectivity index (χ4v) is 6.60. The second-order valence-corrected chi connectivity index (χ2v) is 13.7. The molecule has 14 heteroatoms. The minimum absolute atomic E-state index is 0.176. The number of phenolic OH excluding ortho intramolecular Hbond substituents is 2. The quantitative estimate of drug-likeness (QED) is 0.232. The fraction of sp³-hybridized carbons (Fsp3) is 0.333. The molecule has 0 radical (unpaired) electrons. The second kappa shape index (κ2) is 13.9. The van der Waals surface area contributed by atoms with E-state index in [4.69, 9.17) is 18.6 Å². The van der Waals surface area contributed by atoms with E-state index in [0.717, 1.165) is 53.2 Å². The highest BCUT2D eigenvalue weighted by molar-refractivity contribution is 7.89. The molecule has 4 N–H and O–H groups in total. The monoisotopic (exact) mass is 651 g/mol. The van der Waals surface area contributed by atoms with Gasteiger partial charge in [-0.05, 0) is 66.1 Å². The van der Waals surface area contributed by atoms with Gasteiger partial charge in [0.2, 0.25) is 0 Å². The molecule has 1 atom stereocenters. The number of halogens is 1. The Labute approximate surface area is 255 Å². The van der Waals surface area contributed by atoms with Crippen LogP contribution in [0.25, 0.3) is 11.1 Å². The van der Waals surface area contributed by atoms with Crippen molar-refractivity contribution in [2.75, 3.05) is 44.4 Å². The van der Waals surface area contributed by atoms with Crippen LogP contribution < -0.4 is 9.47 Å². The van der Waals surface area contributed by atoms with Gasteiger partial charge >= 0.3 is 0 Å². The predicted octanol–water partition coefficient (Wildman–Crippen LogP) is 4.20. The van der Waals surface area contributed by atoms with Crippen LogP contribution in [0.1, 0.15) is 29.7 Å². The van der Waals surface area contributed by atoms with Gasteiger partial charge in [0.05, 0.1) is 18.2 Å². The van der Waals surface area contributed by atoms with Crippen LogP contribution in [-0.2, 0) is 20.2 Å². The first-order valence-electron chi connectivity index (χ1n) is 13.6. The van der Waals surface area contributed by atoms with Crippen molar-refractivity contribution in [3.63, 3.8) is 0 Å². The lowest BCUT2D eigenvalue weighted by Crippen LogP contribution is -2.49. The third kappa shape index (κ3) is 9.16. The summed E-state index contributed by atoms with van der Waals surface area (Å²) in [5.41, 5.74) is 4.56. The molecule has 0 saturated carbocycles. The van der Waals surface area contributed by atoms with E-state index in [1.54, 1.807) is 30.3 Å². The minimum atomic E-state index is -4.30. The molecule has 0 bridgehead atoms. The van der Waals surface area contributed by atoms with Gasteiger partial charge in [0.1, 0.15) is 35.7 Å². The zero-order valence-electron chi connectivity index (χ0n) is 23.8. The Balaban J connectivity index is 0.000000382. The second-order valence-electron chi connectivity index (χ2n) is 10.5. The Bertz CT molecular complexity index is 1670. The lowest BCUT2D eigenvalue weighted by molar-refractivity contribution is 0.0668. The molecule has 44 heavy (non-hydrogen) atoms. The van der Waals surface area contributed by atoms with Gasteiger partial charge in [-0.15, -0.1) is 0 Å². The number of alkyl halides is 1. The van der Waals surface area contributed by atoms with Crippen LogP contribution in [0.5, 0.6) is 23.0 Å². The fourth-order valence-electron chi connectivity index (χ4n) is 4.92. The highest BCUT2D eigenvalue weighted by Gasteiger charge is 2.30. The van der Waals surface area contributed by atoms with Crippen molar-refractivity contribution >= 4 is 31.4 Å². The van der Waals surface area contributed by atoms with Crippen LogP contribution in [0.3, 0.4) is 0 Å². The van der Waals surface area contributed by atoms with E-state index in [0.29, 0.717) is 12.4 Å². The number of phenols is 2. The van der Waals surface area contributed by atoms with E-state index < -0.39 is 31.7 Å². The SMILES string of the molecule is CC1=C(c2cccc(O)c2)[C@H](c2ccc(OCCN3CC(CF)C3)cc2)Oc2ccc(O)cc21.O=S(=O)(O)CCS(=O)(=O)O. The molecule has 3 aromatic rings. The van der Waals surface area contributed by atoms with Gasteiger partial charge in [0, 0.05) is 36.7 Å². The van der Waals surface area contributed by atoms with Gasteiger partial charge in [0.15, 0.2) is 0 Å². The largest absolute Gasteiger partial charge is 0.508 e. The van der Waals surface area contributed by atoms with E-state index in [-0.39, 0.29) is 30.2 Å². The van der Waals surface area contributed by atoms with Crippen molar-refractivity contribution in [2.45, 2.75) is 13.0 Å². The maximum absolute atomic E-state index is 12.6. The van der Waals surface area contributed by atoms with E-state index in [1.807, 2.05) is 43.3 Å². The van der Waals surface area contributed by atoms with Gasteiger partial charge in [0.25, 0.3) is 20.2 Å². The summed E-state index contributed by atoms with van der Waals surface area (Å²) in [5.74, 6) is 0.0497. The average Bonchev–Trinajstić information content (AvgIpc) is 2.93. The van der Waals surface area contributed by atoms with Crippen LogP contribution in [-0.4, -0.2) is 85.5 Å².